The second kappa shape index (κ2) is 6.04. The van der Waals surface area contributed by atoms with Crippen LogP contribution in [0.2, 0.25) is 0 Å². The largest absolute Gasteiger partial charge is 0.445 e. The first-order chi connectivity index (χ1) is 9.13. The Kier molecular flexibility index (Phi) is 4.39. The molecule has 1 aliphatic heterocycles. The van der Waals surface area contributed by atoms with Crippen molar-refractivity contribution >= 4 is 6.09 Å². The van der Waals surface area contributed by atoms with Gasteiger partial charge in [-0.1, -0.05) is 30.3 Å². The average molecular weight is 265 g/mol. The Bertz CT molecular complexity index is 423. The van der Waals surface area contributed by atoms with E-state index >= 15 is 0 Å². The summed E-state index contributed by atoms with van der Waals surface area (Å²) in [7, 11) is 0. The number of aliphatic hydroxyl groups is 2. The van der Waals surface area contributed by atoms with E-state index in [9.17, 15) is 9.90 Å². The third kappa shape index (κ3) is 3.68. The number of carbonyl (C=O) groups is 1. The molecule has 5 nitrogen and oxygen atoms in total. The Labute approximate surface area is 112 Å². The second-order valence-electron chi connectivity index (χ2n) is 4.95. The van der Waals surface area contributed by atoms with Gasteiger partial charge in [-0.2, -0.15) is 0 Å². The van der Waals surface area contributed by atoms with E-state index in [0.717, 1.165) is 5.56 Å². The number of piperidine rings is 1. The van der Waals surface area contributed by atoms with Crippen LogP contribution in [0.1, 0.15) is 18.4 Å². The van der Waals surface area contributed by atoms with Crippen molar-refractivity contribution < 1.29 is 19.7 Å². The molecule has 1 aromatic rings. The lowest BCUT2D eigenvalue weighted by Crippen LogP contribution is -2.52. The number of amides is 1. The predicted molar refractivity (Wildman–Crippen MR) is 69.5 cm³/mol. The number of likely N-dealkylation sites (tertiary alicyclic amines) is 1. The zero-order valence-electron chi connectivity index (χ0n) is 10.8. The molecule has 1 heterocycles. The van der Waals surface area contributed by atoms with Crippen LogP contribution < -0.4 is 0 Å². The van der Waals surface area contributed by atoms with Gasteiger partial charge in [0.2, 0.25) is 0 Å². The summed E-state index contributed by atoms with van der Waals surface area (Å²) in [5, 5.41) is 19.1. The van der Waals surface area contributed by atoms with Crippen LogP contribution in [-0.4, -0.2) is 46.5 Å². The molecule has 1 amide bonds. The van der Waals surface area contributed by atoms with Gasteiger partial charge in [0.15, 0.2) is 0 Å². The molecule has 1 aromatic carbocycles. The Morgan fingerprint density at radius 2 is 2.11 bits per heavy atom. The molecule has 1 fully saturated rings. The maximum absolute atomic E-state index is 11.9. The fourth-order valence-electron chi connectivity index (χ4n) is 2.21. The normalized spacial score (nSPS) is 23.2. The molecule has 1 atom stereocenters. The van der Waals surface area contributed by atoms with E-state index < -0.39 is 11.7 Å². The van der Waals surface area contributed by atoms with E-state index in [1.807, 2.05) is 30.3 Å². The second-order valence-corrected chi connectivity index (χ2v) is 4.95. The summed E-state index contributed by atoms with van der Waals surface area (Å²) in [6.07, 6.45) is 0.721. The van der Waals surface area contributed by atoms with E-state index in [0.29, 0.717) is 19.4 Å². The highest BCUT2D eigenvalue weighted by atomic mass is 16.6. The fraction of sp³-hybridized carbons (Fsp3) is 0.500. The Morgan fingerprint density at radius 3 is 2.79 bits per heavy atom. The third-order valence-electron chi connectivity index (χ3n) is 3.31. The number of carbonyl (C=O) groups excluding carboxylic acids is 1. The molecule has 5 heteroatoms. The highest BCUT2D eigenvalue weighted by molar-refractivity contribution is 5.67. The molecule has 0 spiro atoms. The van der Waals surface area contributed by atoms with Crippen LogP contribution in [0.3, 0.4) is 0 Å². The van der Waals surface area contributed by atoms with Crippen LogP contribution in [0.15, 0.2) is 30.3 Å². The standard InChI is InChI=1S/C14H19NO4/c16-11-14(18)7-4-8-15(10-14)13(17)19-9-12-5-2-1-3-6-12/h1-3,5-6,16,18H,4,7-11H2. The smallest absolute Gasteiger partial charge is 0.410 e. The van der Waals surface area contributed by atoms with Crippen molar-refractivity contribution in [3.05, 3.63) is 35.9 Å². The van der Waals surface area contributed by atoms with Crippen molar-refractivity contribution in [1.29, 1.82) is 0 Å². The number of β-amino-alcohol motifs (C(OH)–C–C–N with tert-alkyl or cyclic N) is 1. The molecule has 1 aliphatic rings. The van der Waals surface area contributed by atoms with Gasteiger partial charge in [-0.25, -0.2) is 4.79 Å². The summed E-state index contributed by atoms with van der Waals surface area (Å²) in [5.41, 5.74) is -0.269. The van der Waals surface area contributed by atoms with Gasteiger partial charge in [0.05, 0.1) is 13.2 Å². The number of hydrogen-bond donors (Lipinski definition) is 2. The van der Waals surface area contributed by atoms with Crippen molar-refractivity contribution in [2.24, 2.45) is 0 Å². The first-order valence-corrected chi connectivity index (χ1v) is 6.42. The molecule has 0 saturated carbocycles. The zero-order valence-corrected chi connectivity index (χ0v) is 10.8. The number of ether oxygens (including phenoxy) is 1. The summed E-state index contributed by atoms with van der Waals surface area (Å²) in [6, 6.07) is 9.43. The van der Waals surface area contributed by atoms with Gasteiger partial charge < -0.3 is 19.8 Å². The van der Waals surface area contributed by atoms with Crippen molar-refractivity contribution in [1.82, 2.24) is 4.90 Å². The van der Waals surface area contributed by atoms with Crippen LogP contribution in [0.25, 0.3) is 0 Å². The molecule has 0 radical (unpaired) electrons. The fourth-order valence-corrected chi connectivity index (χ4v) is 2.21. The van der Waals surface area contributed by atoms with Gasteiger partial charge in [0.1, 0.15) is 12.2 Å². The average Bonchev–Trinajstić information content (AvgIpc) is 2.46. The Hall–Kier alpha value is -1.59. The first-order valence-electron chi connectivity index (χ1n) is 6.42. The van der Waals surface area contributed by atoms with Gasteiger partial charge in [-0.3, -0.25) is 0 Å². The molecule has 2 rings (SSSR count). The maximum Gasteiger partial charge on any atom is 0.410 e. The minimum absolute atomic E-state index is 0.122. The van der Waals surface area contributed by atoms with E-state index in [1.165, 1.54) is 4.90 Å². The van der Waals surface area contributed by atoms with Gasteiger partial charge in [-0.05, 0) is 18.4 Å². The minimum atomic E-state index is -1.19. The van der Waals surface area contributed by atoms with Crippen molar-refractivity contribution in [2.45, 2.75) is 25.0 Å². The van der Waals surface area contributed by atoms with Crippen molar-refractivity contribution in [2.75, 3.05) is 19.7 Å². The minimum Gasteiger partial charge on any atom is -0.445 e. The third-order valence-corrected chi connectivity index (χ3v) is 3.31. The summed E-state index contributed by atoms with van der Waals surface area (Å²) in [5.74, 6) is 0. The van der Waals surface area contributed by atoms with E-state index in [-0.39, 0.29) is 19.8 Å². The monoisotopic (exact) mass is 265 g/mol. The van der Waals surface area contributed by atoms with Crippen LogP contribution in [-0.2, 0) is 11.3 Å². The van der Waals surface area contributed by atoms with Crippen LogP contribution >= 0.6 is 0 Å². The molecular formula is C14H19NO4. The number of rotatable bonds is 3. The molecule has 1 saturated heterocycles. The van der Waals surface area contributed by atoms with Crippen molar-refractivity contribution in [3.63, 3.8) is 0 Å². The predicted octanol–water partition coefficient (Wildman–Crippen LogP) is 1.14. The molecule has 0 bridgehead atoms. The molecule has 1 unspecified atom stereocenters. The highest BCUT2D eigenvalue weighted by Gasteiger charge is 2.35. The van der Waals surface area contributed by atoms with Gasteiger partial charge in [0, 0.05) is 6.54 Å². The summed E-state index contributed by atoms with van der Waals surface area (Å²) in [4.78, 5) is 13.3. The lowest BCUT2D eigenvalue weighted by Gasteiger charge is -2.37. The van der Waals surface area contributed by atoms with Crippen LogP contribution in [0.4, 0.5) is 4.79 Å². The highest BCUT2D eigenvalue weighted by Crippen LogP contribution is 2.21. The maximum atomic E-state index is 11.9. The summed E-state index contributed by atoms with van der Waals surface area (Å²) < 4.78 is 5.20. The van der Waals surface area contributed by atoms with E-state index in [4.69, 9.17) is 9.84 Å². The van der Waals surface area contributed by atoms with Gasteiger partial charge >= 0.3 is 6.09 Å². The molecule has 104 valence electrons. The topological polar surface area (TPSA) is 70.0 Å². The molecule has 0 aromatic heterocycles. The lowest BCUT2D eigenvalue weighted by atomic mass is 9.94. The quantitative estimate of drug-likeness (QED) is 0.860. The number of aliphatic hydroxyl groups excluding tert-OH is 1. The van der Waals surface area contributed by atoms with E-state index in [1.54, 1.807) is 0 Å². The molecule has 0 aliphatic carbocycles. The van der Waals surface area contributed by atoms with E-state index in [2.05, 4.69) is 0 Å². The Balaban J connectivity index is 1.86. The number of benzene rings is 1. The summed E-state index contributed by atoms with van der Waals surface area (Å²) in [6.45, 7) is 0.552. The van der Waals surface area contributed by atoms with Crippen molar-refractivity contribution in [3.8, 4) is 0 Å². The zero-order chi connectivity index (χ0) is 13.7. The molecule has 19 heavy (non-hydrogen) atoms. The Morgan fingerprint density at radius 1 is 1.37 bits per heavy atom. The number of nitrogens with zero attached hydrogens (tertiary/aromatic N) is 1. The molecular weight excluding hydrogens is 246 g/mol. The van der Waals surface area contributed by atoms with Crippen LogP contribution in [0.5, 0.6) is 0 Å². The number of hydrogen-bond acceptors (Lipinski definition) is 4. The van der Waals surface area contributed by atoms with Gasteiger partial charge in [-0.15, -0.1) is 0 Å². The van der Waals surface area contributed by atoms with Crippen LogP contribution in [0, 0.1) is 0 Å². The lowest BCUT2D eigenvalue weighted by molar-refractivity contribution is -0.0641. The summed E-state index contributed by atoms with van der Waals surface area (Å²) >= 11 is 0. The first kappa shape index (κ1) is 13.8. The molecule has 2 N–H and O–H groups in total. The SMILES string of the molecule is O=C(OCc1ccccc1)N1CCCC(O)(CO)C1. The van der Waals surface area contributed by atoms with Gasteiger partial charge in [0.25, 0.3) is 0 Å².